The Bertz CT molecular complexity index is 1370. The molecule has 36 heavy (non-hydrogen) atoms. The van der Waals surface area contributed by atoms with Crippen molar-refractivity contribution < 1.29 is 23.2 Å². The van der Waals surface area contributed by atoms with Crippen molar-refractivity contribution in [3.8, 4) is 22.9 Å². The van der Waals surface area contributed by atoms with Crippen molar-refractivity contribution in [3.05, 3.63) is 66.1 Å². The quantitative estimate of drug-likeness (QED) is 0.403. The Hall–Kier alpha value is -4.15. The van der Waals surface area contributed by atoms with E-state index in [1.807, 2.05) is 6.92 Å². The highest BCUT2D eigenvalue weighted by atomic mass is 19.1. The highest BCUT2D eigenvalue weighted by Crippen LogP contribution is 2.33. The predicted molar refractivity (Wildman–Crippen MR) is 126 cm³/mol. The van der Waals surface area contributed by atoms with E-state index in [0.29, 0.717) is 35.6 Å². The number of piperidine rings is 1. The Morgan fingerprint density at radius 3 is 2.75 bits per heavy atom. The lowest BCUT2D eigenvalue weighted by atomic mass is 9.87. The molecule has 1 fully saturated rings. The summed E-state index contributed by atoms with van der Waals surface area (Å²) in [5.74, 6) is -2.17. The SMILES string of the molecule is CCC1CCCN(c2nc(-c3cc(-c4ccon4)n(Cc4ccccc4F)n3)ncc2F)C1C(=O)O. The maximum Gasteiger partial charge on any atom is 0.326 e. The lowest BCUT2D eigenvalue weighted by Crippen LogP contribution is -2.50. The summed E-state index contributed by atoms with van der Waals surface area (Å²) < 4.78 is 35.8. The minimum atomic E-state index is -1.01. The van der Waals surface area contributed by atoms with Crippen molar-refractivity contribution in [2.75, 3.05) is 11.4 Å². The van der Waals surface area contributed by atoms with Crippen LogP contribution in [0.4, 0.5) is 14.6 Å². The fourth-order valence-corrected chi connectivity index (χ4v) is 4.74. The largest absolute Gasteiger partial charge is 0.480 e. The first kappa shape index (κ1) is 23.6. The molecule has 0 amide bonds. The lowest BCUT2D eigenvalue weighted by molar-refractivity contribution is -0.140. The van der Waals surface area contributed by atoms with Crippen LogP contribution < -0.4 is 4.90 Å². The number of carbonyl (C=O) groups is 1. The van der Waals surface area contributed by atoms with Gasteiger partial charge >= 0.3 is 5.97 Å². The second-order valence-corrected chi connectivity index (χ2v) is 8.70. The van der Waals surface area contributed by atoms with E-state index in [9.17, 15) is 18.7 Å². The number of halogens is 2. The summed E-state index contributed by atoms with van der Waals surface area (Å²) in [6.45, 7) is 2.40. The van der Waals surface area contributed by atoms with Gasteiger partial charge in [0.25, 0.3) is 0 Å². The first-order valence-electron chi connectivity index (χ1n) is 11.7. The minimum Gasteiger partial charge on any atom is -0.480 e. The molecule has 11 heteroatoms. The Balaban J connectivity index is 1.56. The molecule has 4 aromatic rings. The first-order valence-corrected chi connectivity index (χ1v) is 11.7. The van der Waals surface area contributed by atoms with Gasteiger partial charge in [0, 0.05) is 18.2 Å². The molecule has 4 heterocycles. The number of aliphatic carboxylic acids is 1. The van der Waals surface area contributed by atoms with E-state index in [2.05, 4.69) is 20.2 Å². The number of rotatable bonds is 7. The zero-order chi connectivity index (χ0) is 25.2. The number of benzene rings is 1. The summed E-state index contributed by atoms with van der Waals surface area (Å²) >= 11 is 0. The zero-order valence-electron chi connectivity index (χ0n) is 19.5. The van der Waals surface area contributed by atoms with Crippen LogP contribution in [0.1, 0.15) is 31.7 Å². The summed E-state index contributed by atoms with van der Waals surface area (Å²) in [6.07, 6.45) is 4.58. The van der Waals surface area contributed by atoms with Gasteiger partial charge < -0.3 is 14.5 Å². The molecule has 5 rings (SSSR count). The predicted octanol–water partition coefficient (Wildman–Crippen LogP) is 4.40. The van der Waals surface area contributed by atoms with E-state index < -0.39 is 17.8 Å². The molecular formula is C25H24F2N6O3. The average molecular weight is 495 g/mol. The molecule has 1 aliphatic heterocycles. The standard InChI is InChI=1S/C25H24F2N6O3/c1-2-15-7-5-10-32(22(15)25(34)35)24-18(27)13-28-23(29-24)20-12-21(19-9-11-36-31-19)33(30-20)14-16-6-3-4-8-17(16)26/h3-4,6,8-9,11-13,15,22H,2,5,7,10,14H2,1H3,(H,34,35). The van der Waals surface area contributed by atoms with E-state index in [1.165, 1.54) is 17.2 Å². The van der Waals surface area contributed by atoms with Crippen molar-refractivity contribution >= 4 is 11.8 Å². The maximum absolute atomic E-state index is 14.9. The second kappa shape index (κ2) is 9.84. The van der Waals surface area contributed by atoms with Gasteiger partial charge in [0.05, 0.1) is 18.4 Å². The van der Waals surface area contributed by atoms with E-state index in [-0.39, 0.29) is 29.9 Å². The number of anilines is 1. The number of hydrogen-bond acceptors (Lipinski definition) is 7. The third-order valence-corrected chi connectivity index (χ3v) is 6.52. The van der Waals surface area contributed by atoms with Gasteiger partial charge in [-0.15, -0.1) is 0 Å². The smallest absolute Gasteiger partial charge is 0.326 e. The fourth-order valence-electron chi connectivity index (χ4n) is 4.74. The van der Waals surface area contributed by atoms with Crippen molar-refractivity contribution in [2.45, 2.75) is 38.8 Å². The molecular weight excluding hydrogens is 470 g/mol. The monoisotopic (exact) mass is 494 g/mol. The van der Waals surface area contributed by atoms with Crippen LogP contribution in [0.15, 0.2) is 53.4 Å². The number of carboxylic acid groups (broad SMARTS) is 1. The van der Waals surface area contributed by atoms with Crippen LogP contribution in [0.5, 0.6) is 0 Å². The second-order valence-electron chi connectivity index (χ2n) is 8.70. The number of hydrogen-bond donors (Lipinski definition) is 1. The summed E-state index contributed by atoms with van der Waals surface area (Å²) in [7, 11) is 0. The molecule has 9 nitrogen and oxygen atoms in total. The van der Waals surface area contributed by atoms with Gasteiger partial charge in [-0.25, -0.2) is 23.5 Å². The van der Waals surface area contributed by atoms with E-state index in [4.69, 9.17) is 4.52 Å². The molecule has 2 atom stereocenters. The van der Waals surface area contributed by atoms with E-state index in [1.54, 1.807) is 35.0 Å². The molecule has 186 valence electrons. The topological polar surface area (TPSA) is 110 Å². The molecule has 2 unspecified atom stereocenters. The third-order valence-electron chi connectivity index (χ3n) is 6.52. The lowest BCUT2D eigenvalue weighted by Gasteiger charge is -2.39. The van der Waals surface area contributed by atoms with Crippen LogP contribution in [0, 0.1) is 17.6 Å². The van der Waals surface area contributed by atoms with E-state index in [0.717, 1.165) is 19.0 Å². The molecule has 0 radical (unpaired) electrons. The van der Waals surface area contributed by atoms with Gasteiger partial charge in [-0.3, -0.25) is 4.68 Å². The van der Waals surface area contributed by atoms with Gasteiger partial charge in [0.15, 0.2) is 17.5 Å². The van der Waals surface area contributed by atoms with Crippen molar-refractivity contribution in [2.24, 2.45) is 5.92 Å². The Morgan fingerprint density at radius 2 is 2.03 bits per heavy atom. The molecule has 0 aliphatic carbocycles. The van der Waals surface area contributed by atoms with Gasteiger partial charge in [-0.05, 0) is 30.9 Å². The van der Waals surface area contributed by atoms with Crippen LogP contribution in [0.2, 0.25) is 0 Å². The van der Waals surface area contributed by atoms with Crippen LogP contribution in [0.3, 0.4) is 0 Å². The van der Waals surface area contributed by atoms with Crippen molar-refractivity contribution in [1.29, 1.82) is 0 Å². The maximum atomic E-state index is 14.9. The molecule has 1 aliphatic rings. The molecule has 3 aromatic heterocycles. The summed E-state index contributed by atoms with van der Waals surface area (Å²) in [6, 6.07) is 8.78. The highest BCUT2D eigenvalue weighted by Gasteiger charge is 2.38. The van der Waals surface area contributed by atoms with Gasteiger partial charge in [0.2, 0.25) is 0 Å². The molecule has 1 saturated heterocycles. The Labute approximate surface area is 205 Å². The zero-order valence-corrected chi connectivity index (χ0v) is 19.5. The van der Waals surface area contributed by atoms with Gasteiger partial charge in [0.1, 0.15) is 29.5 Å². The summed E-state index contributed by atoms with van der Waals surface area (Å²) in [5, 5.41) is 18.4. The number of carboxylic acids is 1. The van der Waals surface area contributed by atoms with Gasteiger partial charge in [-0.1, -0.05) is 36.7 Å². The van der Waals surface area contributed by atoms with E-state index >= 15 is 0 Å². The Kier molecular flexibility index (Phi) is 6.45. The summed E-state index contributed by atoms with van der Waals surface area (Å²) in [5.41, 5.74) is 1.73. The minimum absolute atomic E-state index is 0.0720. The van der Waals surface area contributed by atoms with Crippen LogP contribution in [-0.2, 0) is 11.3 Å². The van der Waals surface area contributed by atoms with Crippen molar-refractivity contribution in [3.63, 3.8) is 0 Å². The van der Waals surface area contributed by atoms with Crippen LogP contribution in [0.25, 0.3) is 22.9 Å². The van der Waals surface area contributed by atoms with Gasteiger partial charge in [-0.2, -0.15) is 5.10 Å². The third kappa shape index (κ3) is 4.43. The highest BCUT2D eigenvalue weighted by molar-refractivity contribution is 5.78. The van der Waals surface area contributed by atoms with Crippen molar-refractivity contribution in [1.82, 2.24) is 24.9 Å². The molecule has 1 aromatic carbocycles. The summed E-state index contributed by atoms with van der Waals surface area (Å²) in [4.78, 5) is 22.1. The van der Waals surface area contributed by atoms with Crippen LogP contribution in [-0.4, -0.2) is 48.6 Å². The van der Waals surface area contributed by atoms with Crippen LogP contribution >= 0.6 is 0 Å². The fraction of sp³-hybridized carbons (Fsp3) is 0.320. The average Bonchev–Trinajstić information content (AvgIpc) is 3.55. The molecule has 0 saturated carbocycles. The Morgan fingerprint density at radius 1 is 1.19 bits per heavy atom. The molecule has 0 bridgehead atoms. The molecule has 1 N–H and O–H groups in total. The number of nitrogens with zero attached hydrogens (tertiary/aromatic N) is 6. The normalized spacial score (nSPS) is 17.9. The molecule has 0 spiro atoms. The first-order chi connectivity index (χ1) is 17.5. The number of aromatic nitrogens is 5.